The van der Waals surface area contributed by atoms with E-state index < -0.39 is 0 Å². The molecule has 2 aromatic carbocycles. The number of carbonyl (C=O) groups is 2. The standard InChI is InChI=1S/C21H22ClN5O2S/c1-3-26(4-2)20(29)15-6-5-7-17(12-15)23-18(28)13-27-19(24-25-21(27)30)14-8-10-16(22)11-9-14/h5-12H,3-4,13H2,1-2H3,(H,23,28)(H,25,30). The van der Waals surface area contributed by atoms with Gasteiger partial charge in [0, 0.05) is 34.9 Å². The number of aromatic amines is 1. The number of H-pyrrole nitrogens is 1. The Morgan fingerprint density at radius 2 is 1.87 bits per heavy atom. The van der Waals surface area contributed by atoms with E-state index in [9.17, 15) is 9.59 Å². The molecular weight excluding hydrogens is 422 g/mol. The fourth-order valence-electron chi connectivity index (χ4n) is 3.05. The highest BCUT2D eigenvalue weighted by Gasteiger charge is 2.15. The molecule has 0 unspecified atom stereocenters. The normalized spacial score (nSPS) is 10.6. The molecule has 3 aromatic rings. The van der Waals surface area contributed by atoms with Gasteiger partial charge >= 0.3 is 0 Å². The Bertz CT molecular complexity index is 1100. The molecule has 0 aliphatic rings. The first-order valence-corrected chi connectivity index (χ1v) is 10.3. The van der Waals surface area contributed by atoms with Crippen LogP contribution in [0.1, 0.15) is 24.2 Å². The number of carbonyl (C=O) groups excluding carboxylic acids is 2. The molecule has 0 saturated heterocycles. The predicted octanol–water partition coefficient (Wildman–Crippen LogP) is 4.38. The van der Waals surface area contributed by atoms with Gasteiger partial charge in [-0.25, -0.2) is 0 Å². The highest BCUT2D eigenvalue weighted by molar-refractivity contribution is 7.71. The van der Waals surface area contributed by atoms with E-state index in [1.807, 2.05) is 26.0 Å². The maximum absolute atomic E-state index is 12.7. The summed E-state index contributed by atoms with van der Waals surface area (Å²) in [5.74, 6) is 0.186. The van der Waals surface area contributed by atoms with Crippen molar-refractivity contribution < 1.29 is 9.59 Å². The summed E-state index contributed by atoms with van der Waals surface area (Å²) < 4.78 is 1.94. The van der Waals surface area contributed by atoms with Crippen molar-refractivity contribution in [2.75, 3.05) is 18.4 Å². The van der Waals surface area contributed by atoms with Crippen LogP contribution in [0.15, 0.2) is 48.5 Å². The molecule has 7 nitrogen and oxygen atoms in total. The molecule has 30 heavy (non-hydrogen) atoms. The fraction of sp³-hybridized carbons (Fsp3) is 0.238. The molecule has 0 spiro atoms. The van der Waals surface area contributed by atoms with Crippen LogP contribution in [0, 0.1) is 4.77 Å². The van der Waals surface area contributed by atoms with Gasteiger partial charge in [-0.05, 0) is 68.5 Å². The molecule has 156 valence electrons. The number of nitrogens with one attached hydrogen (secondary N) is 2. The third-order valence-electron chi connectivity index (χ3n) is 4.61. The summed E-state index contributed by atoms with van der Waals surface area (Å²) in [5, 5.41) is 10.4. The average Bonchev–Trinajstić information content (AvgIpc) is 3.09. The number of amides is 2. The molecule has 0 aliphatic carbocycles. The summed E-state index contributed by atoms with van der Waals surface area (Å²) in [7, 11) is 0. The first-order chi connectivity index (χ1) is 14.4. The summed E-state index contributed by atoms with van der Waals surface area (Å²) in [6.45, 7) is 5.08. The number of hydrogen-bond acceptors (Lipinski definition) is 4. The molecule has 0 atom stereocenters. The molecule has 0 radical (unpaired) electrons. The van der Waals surface area contributed by atoms with E-state index in [2.05, 4.69) is 15.5 Å². The van der Waals surface area contributed by atoms with Crippen LogP contribution in [0.3, 0.4) is 0 Å². The Hall–Kier alpha value is -2.97. The second-order valence-electron chi connectivity index (χ2n) is 6.55. The van der Waals surface area contributed by atoms with Crippen molar-refractivity contribution in [2.45, 2.75) is 20.4 Å². The van der Waals surface area contributed by atoms with Gasteiger partial charge < -0.3 is 10.2 Å². The third kappa shape index (κ3) is 4.95. The van der Waals surface area contributed by atoms with Gasteiger partial charge in [0.05, 0.1) is 0 Å². The van der Waals surface area contributed by atoms with Crippen LogP contribution in [-0.2, 0) is 11.3 Å². The zero-order valence-electron chi connectivity index (χ0n) is 16.7. The molecule has 0 saturated carbocycles. The van der Waals surface area contributed by atoms with Crippen LogP contribution in [-0.4, -0.2) is 44.6 Å². The van der Waals surface area contributed by atoms with Crippen molar-refractivity contribution >= 4 is 41.3 Å². The van der Waals surface area contributed by atoms with E-state index in [0.29, 0.717) is 40.0 Å². The smallest absolute Gasteiger partial charge is 0.253 e. The summed E-state index contributed by atoms with van der Waals surface area (Å²) in [5.41, 5.74) is 1.85. The first kappa shape index (κ1) is 21.7. The molecule has 9 heteroatoms. The van der Waals surface area contributed by atoms with Crippen LogP contribution in [0.25, 0.3) is 11.4 Å². The van der Waals surface area contributed by atoms with Crippen LogP contribution >= 0.6 is 23.8 Å². The number of halogens is 1. The molecule has 0 bridgehead atoms. The average molecular weight is 444 g/mol. The summed E-state index contributed by atoms with van der Waals surface area (Å²) in [6, 6.07) is 14.0. The Balaban J connectivity index is 1.77. The van der Waals surface area contributed by atoms with E-state index in [4.69, 9.17) is 23.8 Å². The lowest BCUT2D eigenvalue weighted by molar-refractivity contribution is -0.116. The molecule has 1 heterocycles. The molecule has 0 aliphatic heterocycles. The first-order valence-electron chi connectivity index (χ1n) is 9.53. The number of aromatic nitrogens is 3. The van der Waals surface area contributed by atoms with Crippen molar-refractivity contribution in [2.24, 2.45) is 0 Å². The number of hydrogen-bond donors (Lipinski definition) is 2. The van der Waals surface area contributed by atoms with Gasteiger partial charge in [-0.1, -0.05) is 17.7 Å². The molecule has 0 fully saturated rings. The van der Waals surface area contributed by atoms with Gasteiger partial charge in [-0.2, -0.15) is 5.10 Å². The Kier molecular flexibility index (Phi) is 7.02. The largest absolute Gasteiger partial charge is 0.339 e. The van der Waals surface area contributed by atoms with Gasteiger partial charge in [0.1, 0.15) is 6.54 Å². The SMILES string of the molecule is CCN(CC)C(=O)c1cccc(NC(=O)Cn2c(-c3ccc(Cl)cc3)n[nH]c2=S)c1. The Morgan fingerprint density at radius 3 is 2.53 bits per heavy atom. The quantitative estimate of drug-likeness (QED) is 0.531. The van der Waals surface area contributed by atoms with E-state index in [1.54, 1.807) is 45.9 Å². The zero-order chi connectivity index (χ0) is 21.7. The van der Waals surface area contributed by atoms with Gasteiger partial charge in [-0.15, -0.1) is 0 Å². The van der Waals surface area contributed by atoms with E-state index in [0.717, 1.165) is 5.56 Å². The lowest BCUT2D eigenvalue weighted by Crippen LogP contribution is -2.30. The lowest BCUT2D eigenvalue weighted by atomic mass is 10.1. The number of rotatable bonds is 7. The van der Waals surface area contributed by atoms with E-state index in [1.165, 1.54) is 0 Å². The third-order valence-corrected chi connectivity index (χ3v) is 5.17. The van der Waals surface area contributed by atoms with Crippen LogP contribution in [0.5, 0.6) is 0 Å². The van der Waals surface area contributed by atoms with Crippen molar-refractivity contribution in [3.63, 3.8) is 0 Å². The second-order valence-corrected chi connectivity index (χ2v) is 7.37. The predicted molar refractivity (Wildman–Crippen MR) is 120 cm³/mol. The topological polar surface area (TPSA) is 83.0 Å². The van der Waals surface area contributed by atoms with E-state index >= 15 is 0 Å². The summed E-state index contributed by atoms with van der Waals surface area (Å²) in [4.78, 5) is 26.9. The van der Waals surface area contributed by atoms with Gasteiger partial charge in [-0.3, -0.25) is 19.3 Å². The highest BCUT2D eigenvalue weighted by Crippen LogP contribution is 2.20. The maximum atomic E-state index is 12.7. The van der Waals surface area contributed by atoms with Crippen LogP contribution < -0.4 is 5.32 Å². The summed E-state index contributed by atoms with van der Waals surface area (Å²) in [6.07, 6.45) is 0. The van der Waals surface area contributed by atoms with Crippen LogP contribution in [0.2, 0.25) is 5.02 Å². The Labute approximate surface area is 184 Å². The van der Waals surface area contributed by atoms with Gasteiger partial charge in [0.15, 0.2) is 10.6 Å². The minimum Gasteiger partial charge on any atom is -0.339 e. The lowest BCUT2D eigenvalue weighted by Gasteiger charge is -2.19. The molecule has 2 N–H and O–H groups in total. The van der Waals surface area contributed by atoms with Gasteiger partial charge in [0.25, 0.3) is 5.91 Å². The van der Waals surface area contributed by atoms with Crippen molar-refractivity contribution in [1.29, 1.82) is 0 Å². The molecular formula is C21H22ClN5O2S. The van der Waals surface area contributed by atoms with Crippen molar-refractivity contribution in [3.05, 3.63) is 63.9 Å². The highest BCUT2D eigenvalue weighted by atomic mass is 35.5. The fourth-order valence-corrected chi connectivity index (χ4v) is 3.37. The molecule has 2 amide bonds. The molecule has 3 rings (SSSR count). The van der Waals surface area contributed by atoms with Crippen LogP contribution in [0.4, 0.5) is 5.69 Å². The second kappa shape index (κ2) is 9.69. The number of benzene rings is 2. The summed E-state index contributed by atoms with van der Waals surface area (Å²) >= 11 is 11.2. The maximum Gasteiger partial charge on any atom is 0.253 e. The van der Waals surface area contributed by atoms with Gasteiger partial charge in [0.2, 0.25) is 5.91 Å². The zero-order valence-corrected chi connectivity index (χ0v) is 18.3. The minimum absolute atomic E-state index is 0.0263. The minimum atomic E-state index is -0.282. The van der Waals surface area contributed by atoms with Crippen molar-refractivity contribution in [1.82, 2.24) is 19.7 Å². The Morgan fingerprint density at radius 1 is 1.17 bits per heavy atom. The monoisotopic (exact) mass is 443 g/mol. The number of anilines is 1. The number of nitrogens with zero attached hydrogens (tertiary/aromatic N) is 3. The molecule has 1 aromatic heterocycles. The van der Waals surface area contributed by atoms with E-state index in [-0.39, 0.29) is 18.4 Å². The van der Waals surface area contributed by atoms with Crippen molar-refractivity contribution in [3.8, 4) is 11.4 Å².